The topological polar surface area (TPSA) is 34.0 Å². The van der Waals surface area contributed by atoms with Crippen LogP contribution in [0.5, 0.6) is 0 Å². The summed E-state index contributed by atoms with van der Waals surface area (Å²) in [7, 11) is 0. The molecule has 5 heteroatoms. The highest BCUT2D eigenvalue weighted by atomic mass is 79.9. The molecule has 0 saturated heterocycles. The molecule has 0 spiro atoms. The third-order valence-electron chi connectivity index (χ3n) is 2.81. The van der Waals surface area contributed by atoms with Crippen LogP contribution in [0, 0.1) is 5.82 Å². The Hall–Kier alpha value is -1.62. The molecule has 1 heterocycles. The van der Waals surface area contributed by atoms with Crippen LogP contribution >= 0.6 is 15.9 Å². The van der Waals surface area contributed by atoms with Crippen molar-refractivity contribution in [1.82, 2.24) is 4.57 Å². The quantitative estimate of drug-likeness (QED) is 0.935. The Balaban J connectivity index is 2.14. The van der Waals surface area contributed by atoms with Gasteiger partial charge in [-0.05, 0) is 31.2 Å². The Bertz CT molecular complexity index is 640. The summed E-state index contributed by atoms with van der Waals surface area (Å²) in [6, 6.07) is 8.02. The zero-order valence-corrected chi connectivity index (χ0v) is 12.1. The van der Waals surface area contributed by atoms with E-state index in [0.29, 0.717) is 18.7 Å². The standard InChI is InChI=1S/C14H14BrFN2O/c1-2-18-9-12(4-6-14(18)19)17-8-10-7-11(15)3-5-13(10)16/h3-7,9,17H,2,8H2,1H3. The van der Waals surface area contributed by atoms with Crippen LogP contribution in [0.15, 0.2) is 45.8 Å². The fourth-order valence-corrected chi connectivity index (χ4v) is 2.17. The number of anilines is 1. The van der Waals surface area contributed by atoms with Crippen molar-refractivity contribution in [3.05, 3.63) is 62.7 Å². The summed E-state index contributed by atoms with van der Waals surface area (Å²) in [6.45, 7) is 2.88. The minimum Gasteiger partial charge on any atom is -0.380 e. The summed E-state index contributed by atoms with van der Waals surface area (Å²) in [4.78, 5) is 11.4. The molecule has 0 unspecified atom stereocenters. The van der Waals surface area contributed by atoms with Gasteiger partial charge in [0.15, 0.2) is 0 Å². The first-order chi connectivity index (χ1) is 9.10. The van der Waals surface area contributed by atoms with E-state index in [2.05, 4.69) is 21.2 Å². The van der Waals surface area contributed by atoms with E-state index in [1.165, 1.54) is 12.1 Å². The van der Waals surface area contributed by atoms with Crippen LogP contribution in [-0.2, 0) is 13.1 Å². The zero-order chi connectivity index (χ0) is 13.8. The Morgan fingerprint density at radius 2 is 2.11 bits per heavy atom. The molecule has 100 valence electrons. The Morgan fingerprint density at radius 3 is 2.84 bits per heavy atom. The van der Waals surface area contributed by atoms with Gasteiger partial charge in [-0.15, -0.1) is 0 Å². The molecule has 0 aliphatic carbocycles. The Labute approximate surface area is 119 Å². The molecule has 0 saturated carbocycles. The Kier molecular flexibility index (Phi) is 4.37. The average molecular weight is 325 g/mol. The maximum absolute atomic E-state index is 13.6. The van der Waals surface area contributed by atoms with Gasteiger partial charge in [0, 0.05) is 35.4 Å². The second kappa shape index (κ2) is 6.02. The number of hydrogen-bond donors (Lipinski definition) is 1. The first kappa shape index (κ1) is 13.8. The normalized spacial score (nSPS) is 10.5. The van der Waals surface area contributed by atoms with Crippen molar-refractivity contribution in [3.8, 4) is 0 Å². The lowest BCUT2D eigenvalue weighted by Crippen LogP contribution is -2.17. The first-order valence-corrected chi connectivity index (χ1v) is 6.77. The number of aryl methyl sites for hydroxylation is 1. The van der Waals surface area contributed by atoms with Gasteiger partial charge in [-0.3, -0.25) is 4.79 Å². The molecule has 0 aliphatic rings. The van der Waals surface area contributed by atoms with Crippen LogP contribution in [0.2, 0.25) is 0 Å². The number of nitrogens with one attached hydrogen (secondary N) is 1. The maximum Gasteiger partial charge on any atom is 0.250 e. The van der Waals surface area contributed by atoms with E-state index in [0.717, 1.165) is 10.2 Å². The van der Waals surface area contributed by atoms with Crippen LogP contribution in [-0.4, -0.2) is 4.57 Å². The van der Waals surface area contributed by atoms with Crippen molar-refractivity contribution in [1.29, 1.82) is 0 Å². The predicted molar refractivity (Wildman–Crippen MR) is 77.8 cm³/mol. The highest BCUT2D eigenvalue weighted by Gasteiger charge is 2.03. The second-order valence-electron chi connectivity index (χ2n) is 4.13. The fourth-order valence-electron chi connectivity index (χ4n) is 1.76. The van der Waals surface area contributed by atoms with Gasteiger partial charge in [0.05, 0.1) is 5.69 Å². The fraction of sp³-hybridized carbons (Fsp3) is 0.214. The van der Waals surface area contributed by atoms with Gasteiger partial charge in [-0.25, -0.2) is 4.39 Å². The van der Waals surface area contributed by atoms with E-state index in [1.54, 1.807) is 29.0 Å². The number of nitrogens with zero attached hydrogens (tertiary/aromatic N) is 1. The van der Waals surface area contributed by atoms with Crippen molar-refractivity contribution < 1.29 is 4.39 Å². The largest absolute Gasteiger partial charge is 0.380 e. The van der Waals surface area contributed by atoms with Crippen molar-refractivity contribution in [2.45, 2.75) is 20.0 Å². The minimum absolute atomic E-state index is 0.0401. The zero-order valence-electron chi connectivity index (χ0n) is 10.5. The van der Waals surface area contributed by atoms with Gasteiger partial charge >= 0.3 is 0 Å². The lowest BCUT2D eigenvalue weighted by Gasteiger charge is -2.10. The monoisotopic (exact) mass is 324 g/mol. The van der Waals surface area contributed by atoms with Crippen LogP contribution in [0.3, 0.4) is 0 Å². The van der Waals surface area contributed by atoms with E-state index in [4.69, 9.17) is 0 Å². The highest BCUT2D eigenvalue weighted by Crippen LogP contribution is 2.16. The van der Waals surface area contributed by atoms with Crippen LogP contribution in [0.4, 0.5) is 10.1 Å². The predicted octanol–water partition coefficient (Wildman–Crippen LogP) is 3.38. The van der Waals surface area contributed by atoms with Gasteiger partial charge < -0.3 is 9.88 Å². The molecule has 3 nitrogen and oxygen atoms in total. The number of benzene rings is 1. The van der Waals surface area contributed by atoms with Gasteiger partial charge in [-0.1, -0.05) is 15.9 Å². The summed E-state index contributed by atoms with van der Waals surface area (Å²) >= 11 is 3.32. The molecule has 0 amide bonds. The van der Waals surface area contributed by atoms with Gasteiger partial charge in [0.25, 0.3) is 5.56 Å². The number of rotatable bonds is 4. The first-order valence-electron chi connectivity index (χ1n) is 5.98. The molecule has 0 bridgehead atoms. The number of halogens is 2. The van der Waals surface area contributed by atoms with Crippen molar-refractivity contribution in [3.63, 3.8) is 0 Å². The maximum atomic E-state index is 13.6. The van der Waals surface area contributed by atoms with Crippen molar-refractivity contribution in [2.75, 3.05) is 5.32 Å². The van der Waals surface area contributed by atoms with Crippen LogP contribution < -0.4 is 10.9 Å². The van der Waals surface area contributed by atoms with Gasteiger partial charge in [0.1, 0.15) is 5.82 Å². The molecule has 0 aliphatic heterocycles. The summed E-state index contributed by atoms with van der Waals surface area (Å²) in [5.74, 6) is -0.250. The molecule has 2 rings (SSSR count). The highest BCUT2D eigenvalue weighted by molar-refractivity contribution is 9.10. The SMILES string of the molecule is CCn1cc(NCc2cc(Br)ccc2F)ccc1=O. The summed E-state index contributed by atoms with van der Waals surface area (Å²) < 4.78 is 16.0. The number of hydrogen-bond acceptors (Lipinski definition) is 2. The molecule has 1 N–H and O–H groups in total. The Morgan fingerprint density at radius 1 is 1.32 bits per heavy atom. The van der Waals surface area contributed by atoms with Crippen LogP contribution in [0.1, 0.15) is 12.5 Å². The summed E-state index contributed by atoms with van der Waals surface area (Å²) in [5.41, 5.74) is 1.33. The molecule has 1 aromatic heterocycles. The smallest absolute Gasteiger partial charge is 0.250 e. The van der Waals surface area contributed by atoms with E-state index in [9.17, 15) is 9.18 Å². The van der Waals surface area contributed by atoms with E-state index >= 15 is 0 Å². The van der Waals surface area contributed by atoms with E-state index in [1.807, 2.05) is 6.92 Å². The molecule has 0 atom stereocenters. The molecule has 1 aromatic carbocycles. The summed E-state index contributed by atoms with van der Waals surface area (Å²) in [5, 5.41) is 3.11. The number of aromatic nitrogens is 1. The second-order valence-corrected chi connectivity index (χ2v) is 5.05. The minimum atomic E-state index is -0.250. The van der Waals surface area contributed by atoms with Crippen molar-refractivity contribution in [2.24, 2.45) is 0 Å². The average Bonchev–Trinajstić information content (AvgIpc) is 2.41. The van der Waals surface area contributed by atoms with Crippen LogP contribution in [0.25, 0.3) is 0 Å². The molecule has 19 heavy (non-hydrogen) atoms. The molecule has 0 radical (unpaired) electrons. The molecular formula is C14H14BrFN2O. The van der Waals surface area contributed by atoms with E-state index in [-0.39, 0.29) is 11.4 Å². The van der Waals surface area contributed by atoms with Gasteiger partial charge in [0.2, 0.25) is 0 Å². The lowest BCUT2D eigenvalue weighted by molar-refractivity contribution is 0.612. The molecule has 0 fully saturated rings. The van der Waals surface area contributed by atoms with Gasteiger partial charge in [-0.2, -0.15) is 0 Å². The molecular weight excluding hydrogens is 311 g/mol. The van der Waals surface area contributed by atoms with Crippen molar-refractivity contribution >= 4 is 21.6 Å². The number of pyridine rings is 1. The third-order valence-corrected chi connectivity index (χ3v) is 3.31. The molecule has 2 aromatic rings. The lowest BCUT2D eigenvalue weighted by atomic mass is 10.2. The summed E-state index contributed by atoms with van der Waals surface area (Å²) in [6.07, 6.45) is 1.73. The van der Waals surface area contributed by atoms with E-state index < -0.39 is 0 Å². The third kappa shape index (κ3) is 3.44.